The Labute approximate surface area is 385 Å². The minimum atomic E-state index is -4.49. The molecule has 7 N–H and O–H groups in total. The van der Waals surface area contributed by atoms with Crippen LogP contribution in [0.1, 0.15) is 28.3 Å². The van der Waals surface area contributed by atoms with Gasteiger partial charge in [-0.15, -0.1) is 24.8 Å². The molecule has 0 amide bonds. The number of hydrogen-bond donors (Lipinski definition) is 5. The van der Waals surface area contributed by atoms with Gasteiger partial charge in [0.1, 0.15) is 11.6 Å². The van der Waals surface area contributed by atoms with Crippen LogP contribution in [0.15, 0.2) is 66.6 Å². The first-order chi connectivity index (χ1) is 32.1. The zero-order valence-corrected chi connectivity index (χ0v) is 37.5. The average Bonchev–Trinajstić information content (AvgIpc) is 4.14. The normalized spacial score (nSPS) is 12.1. The Hall–Kier alpha value is -8.21. The first kappa shape index (κ1) is 44.0. The molecule has 0 unspecified atom stereocenters. The van der Waals surface area contributed by atoms with Crippen LogP contribution in [0.2, 0.25) is 0 Å². The number of benzene rings is 2. The lowest BCUT2D eigenvalue weighted by molar-refractivity contribution is -0.432. The zero-order valence-electron chi connectivity index (χ0n) is 34.2. The SMILES string of the molecule is [C-]#[N+]c1c(C)nn(-c2nc3cc(S(=O)(=O)O)ccc3s2)c1N=Nc1c(C)nn(-c2nc(O)nc(-n3nc(C)c(N=Nc4c(C#N)c(C)nn4-c4nc5ccc(SOOO)cc5s4)c3N)n2)c1N. The third-order valence-corrected chi connectivity index (χ3v) is 12.8. The Morgan fingerprint density at radius 2 is 1.34 bits per heavy atom. The molecule has 0 aliphatic carbocycles. The average molecular weight is 980 g/mol. The number of nitrogens with two attached hydrogens (primary N) is 2. The largest absolute Gasteiger partial charge is 0.479 e. The smallest absolute Gasteiger partial charge is 0.320 e. The molecule has 0 aliphatic heterocycles. The number of rotatable bonds is 12. The second-order valence-corrected chi connectivity index (χ2v) is 17.9. The molecule has 336 valence electrons. The van der Waals surface area contributed by atoms with Gasteiger partial charge in [-0.1, -0.05) is 27.7 Å². The monoisotopic (exact) mass is 979 g/mol. The second-order valence-electron chi connectivity index (χ2n) is 13.6. The molecule has 0 bridgehead atoms. The van der Waals surface area contributed by atoms with Gasteiger partial charge >= 0.3 is 6.01 Å². The van der Waals surface area contributed by atoms with E-state index in [9.17, 15) is 23.3 Å². The van der Waals surface area contributed by atoms with Crippen molar-refractivity contribution >= 4 is 106 Å². The molecule has 7 heterocycles. The number of aryl methyl sites for hydroxylation is 4. The van der Waals surface area contributed by atoms with E-state index in [1.165, 1.54) is 38.9 Å². The van der Waals surface area contributed by atoms with Gasteiger partial charge in [0.2, 0.25) is 10.3 Å². The molecule has 0 aliphatic rings. The summed E-state index contributed by atoms with van der Waals surface area (Å²) < 4.78 is 43.6. The molecule has 0 saturated heterocycles. The van der Waals surface area contributed by atoms with Gasteiger partial charge in [-0.2, -0.15) is 67.8 Å². The summed E-state index contributed by atoms with van der Waals surface area (Å²) in [6.45, 7) is 14.2. The first-order valence-electron chi connectivity index (χ1n) is 18.5. The van der Waals surface area contributed by atoms with Crippen LogP contribution in [0, 0.1) is 45.6 Å². The van der Waals surface area contributed by atoms with Crippen LogP contribution in [-0.2, 0) is 19.5 Å². The summed E-state index contributed by atoms with van der Waals surface area (Å²) >= 11 is 3.15. The van der Waals surface area contributed by atoms with Crippen molar-refractivity contribution in [2.75, 3.05) is 11.5 Å². The lowest BCUT2D eigenvalue weighted by Crippen LogP contribution is -2.13. The first-order valence-corrected chi connectivity index (χ1v) is 22.3. The minimum Gasteiger partial charge on any atom is -0.479 e. The van der Waals surface area contributed by atoms with Crippen molar-refractivity contribution in [3.8, 4) is 34.2 Å². The highest BCUT2D eigenvalue weighted by atomic mass is 32.2. The molecule has 2 aromatic carbocycles. The van der Waals surface area contributed by atoms with Crippen molar-refractivity contribution in [2.24, 2.45) is 20.5 Å². The molecular weight excluding hydrogens is 955 g/mol. The lowest BCUT2D eigenvalue weighted by atomic mass is 10.3. The van der Waals surface area contributed by atoms with Gasteiger partial charge in [0, 0.05) is 4.90 Å². The van der Waals surface area contributed by atoms with Crippen LogP contribution in [0.5, 0.6) is 6.01 Å². The molecule has 0 radical (unpaired) electrons. The summed E-state index contributed by atoms with van der Waals surface area (Å²) in [4.78, 5) is 25.3. The molecule has 9 aromatic rings. The number of nitrogens with zero attached hydrogens (tertiary/aromatic N) is 19. The summed E-state index contributed by atoms with van der Waals surface area (Å²) in [6, 6.07) is 10.4. The van der Waals surface area contributed by atoms with Crippen LogP contribution in [0.4, 0.5) is 40.3 Å². The summed E-state index contributed by atoms with van der Waals surface area (Å²) in [6.07, 6.45) is 0. The number of fused-ring (bicyclic) bond motifs is 2. The lowest BCUT2D eigenvalue weighted by Gasteiger charge is -2.06. The fourth-order valence-electron chi connectivity index (χ4n) is 6.32. The van der Waals surface area contributed by atoms with E-state index in [0.717, 1.165) is 37.4 Å². The van der Waals surface area contributed by atoms with Crippen molar-refractivity contribution < 1.29 is 32.7 Å². The van der Waals surface area contributed by atoms with E-state index in [1.54, 1.807) is 45.9 Å². The van der Waals surface area contributed by atoms with E-state index in [4.69, 9.17) is 23.3 Å². The summed E-state index contributed by atoms with van der Waals surface area (Å²) in [7, 11) is -4.49. The number of nitriles is 1. The number of aromatic hydroxyl groups is 1. The van der Waals surface area contributed by atoms with E-state index in [2.05, 4.69) is 86.1 Å². The van der Waals surface area contributed by atoms with E-state index >= 15 is 0 Å². The van der Waals surface area contributed by atoms with Gasteiger partial charge in [-0.3, -0.25) is 4.55 Å². The van der Waals surface area contributed by atoms with E-state index in [0.29, 0.717) is 31.6 Å². The number of aromatic nitrogens is 13. The van der Waals surface area contributed by atoms with Crippen LogP contribution in [0.3, 0.4) is 0 Å². The predicted molar refractivity (Wildman–Crippen MR) is 237 cm³/mol. The summed E-state index contributed by atoms with van der Waals surface area (Å²) in [5, 5.41) is 68.6. The van der Waals surface area contributed by atoms with Crippen LogP contribution < -0.4 is 11.5 Å². The predicted octanol–water partition coefficient (Wildman–Crippen LogP) is 6.87. The highest BCUT2D eigenvalue weighted by molar-refractivity contribution is 7.94. The molecule has 9 rings (SSSR count). The van der Waals surface area contributed by atoms with Gasteiger partial charge in [0.25, 0.3) is 27.7 Å². The van der Waals surface area contributed by atoms with Crippen molar-refractivity contribution in [2.45, 2.75) is 37.5 Å². The minimum absolute atomic E-state index is 0.0263. The Balaban J connectivity index is 1.03. The summed E-state index contributed by atoms with van der Waals surface area (Å²) in [5.41, 5.74) is 15.3. The van der Waals surface area contributed by atoms with Crippen LogP contribution >= 0.6 is 34.7 Å². The quantitative estimate of drug-likeness (QED) is 0.0208. The summed E-state index contributed by atoms with van der Waals surface area (Å²) in [5.74, 6) is -0.792. The molecule has 0 saturated carbocycles. The number of thiazole rings is 2. The Kier molecular flexibility index (Phi) is 11.1. The fraction of sp³-hybridized carbons (Fsp3) is 0.114. The molecule has 7 aromatic heterocycles. The number of anilines is 2. The number of azo groups is 2. The third-order valence-electron chi connectivity index (χ3n) is 9.38. The van der Waals surface area contributed by atoms with E-state index in [-0.39, 0.29) is 84.7 Å². The second kappa shape index (κ2) is 17.0. The molecule has 0 spiro atoms. The molecule has 28 nitrogen and oxygen atoms in total. The molecule has 0 atom stereocenters. The van der Waals surface area contributed by atoms with Crippen LogP contribution in [-0.4, -0.2) is 87.4 Å². The van der Waals surface area contributed by atoms with Gasteiger partial charge in [0.15, 0.2) is 34.6 Å². The maximum atomic E-state index is 11.7. The highest BCUT2D eigenvalue weighted by Gasteiger charge is 2.25. The molecular formula is C35H25N21O7S4. The van der Waals surface area contributed by atoms with Crippen LogP contribution in [0.25, 0.3) is 47.4 Å². The maximum Gasteiger partial charge on any atom is 0.320 e. The van der Waals surface area contributed by atoms with Crippen molar-refractivity contribution in [3.63, 3.8) is 0 Å². The van der Waals surface area contributed by atoms with Crippen molar-refractivity contribution in [1.82, 2.24) is 64.0 Å². The number of nitrogen functional groups attached to an aromatic ring is 2. The molecule has 32 heteroatoms. The third kappa shape index (κ3) is 8.02. The Morgan fingerprint density at radius 1 is 0.761 bits per heavy atom. The molecule has 67 heavy (non-hydrogen) atoms. The van der Waals surface area contributed by atoms with Gasteiger partial charge < -0.3 is 16.6 Å². The molecule has 0 fully saturated rings. The standard InChI is InChI=1S/C35H25N21O7S4/c1-13-19(12-36)29(55(49-13)34-40-20-8-6-17(66-63-62-58)10-23(20)65-34)47-45-24-14(2)50-53(27(24)37)31-42-32(44-33(57)43-31)54-28(38)25(15(3)51-54)46-48-30-26(39-5)16(4)52-56(30)35-41-21-11-18(67(59,60)61)7-9-22(21)64-35/h6-11,58H,37-38H2,1-4H3,(H,59,60,61)(H,42,43,44,57). The number of hydrogen-bond acceptors (Lipinski definition) is 25. The highest BCUT2D eigenvalue weighted by Crippen LogP contribution is 2.40. The fourth-order valence-corrected chi connectivity index (χ4v) is 9.15. The zero-order chi connectivity index (χ0) is 47.5. The Bertz CT molecular complexity index is 3760. The van der Waals surface area contributed by atoms with E-state index < -0.39 is 16.1 Å². The van der Waals surface area contributed by atoms with Crippen molar-refractivity contribution in [3.05, 3.63) is 76.2 Å². The van der Waals surface area contributed by atoms with Gasteiger partial charge in [0.05, 0.1) is 66.7 Å². The Morgan fingerprint density at radius 3 is 1.96 bits per heavy atom. The van der Waals surface area contributed by atoms with Gasteiger partial charge in [-0.05, 0) is 64.1 Å². The van der Waals surface area contributed by atoms with Gasteiger partial charge in [-0.25, -0.2) is 20.1 Å². The topological polar surface area (TPSA) is 379 Å². The maximum absolute atomic E-state index is 11.7. The van der Waals surface area contributed by atoms with E-state index in [1.807, 2.05) is 0 Å². The van der Waals surface area contributed by atoms with Crippen molar-refractivity contribution in [1.29, 1.82) is 5.26 Å².